The predicted octanol–water partition coefficient (Wildman–Crippen LogP) is 6.78. The monoisotopic (exact) mass is 591 g/mol. The third-order valence-electron chi connectivity index (χ3n) is 8.42. The zero-order chi connectivity index (χ0) is 30.0. The minimum Gasteiger partial charge on any atom is -0.494 e. The van der Waals surface area contributed by atoms with Crippen LogP contribution < -0.4 is 29.7 Å². The third-order valence-corrected chi connectivity index (χ3v) is 8.68. The molecule has 2 N–H and O–H groups in total. The maximum atomic E-state index is 14.0. The van der Waals surface area contributed by atoms with Crippen LogP contribution in [0.4, 0.5) is 11.4 Å². The van der Waals surface area contributed by atoms with Crippen molar-refractivity contribution in [2.24, 2.45) is 11.7 Å². The van der Waals surface area contributed by atoms with Gasteiger partial charge in [0.05, 0.1) is 38.5 Å². The SMILES string of the molecule is COc1cc2c(cc1OC(C)C)[C@H](c1ccc(Cl)cc1)N(c1ccc(N(C)C[C@H]3CC[C@H](N)CC3)cc1OC)C(=O)C2. The number of hydrogen-bond donors (Lipinski definition) is 1. The van der Waals surface area contributed by atoms with Gasteiger partial charge in [-0.15, -0.1) is 0 Å². The largest absolute Gasteiger partial charge is 0.494 e. The highest BCUT2D eigenvalue weighted by Gasteiger charge is 2.37. The molecule has 0 saturated heterocycles. The topological polar surface area (TPSA) is 77.3 Å². The minimum atomic E-state index is -0.414. The van der Waals surface area contributed by atoms with Crippen molar-refractivity contribution in [3.8, 4) is 17.2 Å². The van der Waals surface area contributed by atoms with Crippen molar-refractivity contribution in [1.82, 2.24) is 0 Å². The molecule has 0 aromatic heterocycles. The van der Waals surface area contributed by atoms with Crippen LogP contribution in [0.15, 0.2) is 54.6 Å². The van der Waals surface area contributed by atoms with Gasteiger partial charge in [-0.1, -0.05) is 23.7 Å². The molecule has 42 heavy (non-hydrogen) atoms. The Hall–Kier alpha value is -3.42. The zero-order valence-electron chi connectivity index (χ0n) is 25.2. The van der Waals surface area contributed by atoms with Gasteiger partial charge in [0.2, 0.25) is 5.91 Å². The summed E-state index contributed by atoms with van der Waals surface area (Å²) in [6, 6.07) is 17.6. The number of anilines is 2. The molecule has 1 aliphatic carbocycles. The molecule has 224 valence electrons. The fourth-order valence-electron chi connectivity index (χ4n) is 6.28. The van der Waals surface area contributed by atoms with E-state index in [4.69, 9.17) is 31.5 Å². The molecular formula is C34H42ClN3O4. The number of amides is 1. The summed E-state index contributed by atoms with van der Waals surface area (Å²) in [5.74, 6) is 2.50. The Morgan fingerprint density at radius 1 is 0.952 bits per heavy atom. The average molecular weight is 592 g/mol. The zero-order valence-corrected chi connectivity index (χ0v) is 26.0. The summed E-state index contributed by atoms with van der Waals surface area (Å²) in [6.45, 7) is 4.93. The van der Waals surface area contributed by atoms with Gasteiger partial charge in [0.25, 0.3) is 0 Å². The predicted molar refractivity (Wildman–Crippen MR) is 169 cm³/mol. The summed E-state index contributed by atoms with van der Waals surface area (Å²) in [7, 11) is 5.39. The molecule has 2 aliphatic rings. The first-order valence-electron chi connectivity index (χ1n) is 14.8. The van der Waals surface area contributed by atoms with E-state index in [9.17, 15) is 4.79 Å². The van der Waals surface area contributed by atoms with Gasteiger partial charge in [-0.25, -0.2) is 0 Å². The van der Waals surface area contributed by atoms with Crippen molar-refractivity contribution in [1.29, 1.82) is 0 Å². The van der Waals surface area contributed by atoms with Crippen molar-refractivity contribution < 1.29 is 19.0 Å². The quantitative estimate of drug-likeness (QED) is 0.296. The molecule has 0 radical (unpaired) electrons. The molecule has 1 aliphatic heterocycles. The molecule has 3 aromatic rings. The molecular weight excluding hydrogens is 550 g/mol. The maximum absolute atomic E-state index is 14.0. The van der Waals surface area contributed by atoms with Crippen molar-refractivity contribution in [3.05, 3.63) is 76.3 Å². The molecule has 0 bridgehead atoms. The second kappa shape index (κ2) is 12.8. The summed E-state index contributed by atoms with van der Waals surface area (Å²) in [6.07, 6.45) is 4.66. The lowest BCUT2D eigenvalue weighted by atomic mass is 9.86. The lowest BCUT2D eigenvalue weighted by molar-refractivity contribution is -0.118. The van der Waals surface area contributed by atoms with Crippen LogP contribution in [0.1, 0.15) is 62.3 Å². The molecule has 3 aromatic carbocycles. The van der Waals surface area contributed by atoms with E-state index in [0.29, 0.717) is 34.2 Å². The molecule has 1 heterocycles. The Balaban J connectivity index is 1.56. The molecule has 1 atom stereocenters. The normalized spacial score (nSPS) is 20.3. The van der Waals surface area contributed by atoms with E-state index in [1.54, 1.807) is 14.2 Å². The summed E-state index contributed by atoms with van der Waals surface area (Å²) < 4.78 is 17.7. The molecule has 8 heteroatoms. The van der Waals surface area contributed by atoms with Gasteiger partial charge < -0.3 is 24.8 Å². The number of benzene rings is 3. The number of halogens is 1. The highest BCUT2D eigenvalue weighted by Crippen LogP contribution is 2.46. The summed E-state index contributed by atoms with van der Waals surface area (Å²) in [5, 5.41) is 0.635. The molecule has 5 rings (SSSR count). The Labute approximate surface area is 254 Å². The minimum absolute atomic E-state index is 0.0278. The smallest absolute Gasteiger partial charge is 0.232 e. The molecule has 1 saturated carbocycles. The number of hydrogen-bond acceptors (Lipinski definition) is 6. The number of rotatable bonds is 9. The first-order chi connectivity index (χ1) is 20.2. The van der Waals surface area contributed by atoms with Gasteiger partial charge in [0.15, 0.2) is 11.5 Å². The lowest BCUT2D eigenvalue weighted by Crippen LogP contribution is -2.41. The van der Waals surface area contributed by atoms with E-state index in [1.165, 1.54) is 0 Å². The second-order valence-electron chi connectivity index (χ2n) is 11.8. The van der Waals surface area contributed by atoms with Gasteiger partial charge in [0.1, 0.15) is 5.75 Å². The van der Waals surface area contributed by atoms with Gasteiger partial charge in [-0.2, -0.15) is 0 Å². The number of carbonyl (C=O) groups is 1. The highest BCUT2D eigenvalue weighted by atomic mass is 35.5. The van der Waals surface area contributed by atoms with E-state index in [-0.39, 0.29) is 18.4 Å². The second-order valence-corrected chi connectivity index (χ2v) is 12.2. The van der Waals surface area contributed by atoms with Crippen LogP contribution in [-0.2, 0) is 11.2 Å². The van der Waals surface area contributed by atoms with Gasteiger partial charge in [-0.3, -0.25) is 9.69 Å². The van der Waals surface area contributed by atoms with Crippen LogP contribution in [0.25, 0.3) is 0 Å². The number of nitrogens with two attached hydrogens (primary N) is 1. The van der Waals surface area contributed by atoms with Crippen molar-refractivity contribution in [2.75, 3.05) is 37.6 Å². The van der Waals surface area contributed by atoms with Crippen LogP contribution in [0.3, 0.4) is 0 Å². The van der Waals surface area contributed by atoms with E-state index in [1.807, 2.05) is 67.3 Å². The van der Waals surface area contributed by atoms with Gasteiger partial charge in [-0.05, 0) is 98.5 Å². The standard InChI is InChI=1S/C34H42ClN3O4/c1-21(2)42-32-19-28-24(16-31(32)41-5)17-33(39)38(34(28)23-8-10-25(35)11-9-23)29-15-14-27(18-30(29)40-4)37(3)20-22-6-12-26(36)13-7-22/h8-11,14-16,18-19,21-22,26,34H,6-7,12-13,17,20,36H2,1-5H3/t22-,26-,34-/m0/s1. The maximum Gasteiger partial charge on any atom is 0.232 e. The molecule has 0 spiro atoms. The summed E-state index contributed by atoms with van der Waals surface area (Å²) in [5.41, 5.74) is 10.7. The Morgan fingerprint density at radius 3 is 2.29 bits per heavy atom. The first kappa shape index (κ1) is 30.1. The van der Waals surface area contributed by atoms with E-state index < -0.39 is 6.04 Å². The van der Waals surface area contributed by atoms with Crippen LogP contribution in [-0.4, -0.2) is 45.9 Å². The number of methoxy groups -OCH3 is 2. The van der Waals surface area contributed by atoms with E-state index in [2.05, 4.69) is 18.0 Å². The number of nitrogens with zero attached hydrogens (tertiary/aromatic N) is 2. The highest BCUT2D eigenvalue weighted by molar-refractivity contribution is 6.30. The van der Waals surface area contributed by atoms with Crippen LogP contribution in [0.2, 0.25) is 5.02 Å². The Bertz CT molecular complexity index is 1400. The molecule has 7 nitrogen and oxygen atoms in total. The van der Waals surface area contributed by atoms with E-state index >= 15 is 0 Å². The Morgan fingerprint density at radius 2 is 1.64 bits per heavy atom. The van der Waals surface area contributed by atoms with Gasteiger partial charge in [0, 0.05) is 36.4 Å². The number of fused-ring (bicyclic) bond motifs is 1. The van der Waals surface area contributed by atoms with Crippen molar-refractivity contribution in [3.63, 3.8) is 0 Å². The Kier molecular flexibility index (Phi) is 9.19. The fourth-order valence-corrected chi connectivity index (χ4v) is 6.40. The van der Waals surface area contributed by atoms with Crippen molar-refractivity contribution in [2.45, 2.75) is 64.1 Å². The van der Waals surface area contributed by atoms with Gasteiger partial charge >= 0.3 is 0 Å². The molecule has 0 unspecified atom stereocenters. The van der Waals surface area contributed by atoms with Crippen LogP contribution in [0.5, 0.6) is 17.2 Å². The first-order valence-corrected chi connectivity index (χ1v) is 15.2. The number of ether oxygens (including phenoxy) is 3. The summed E-state index contributed by atoms with van der Waals surface area (Å²) >= 11 is 6.28. The lowest BCUT2D eigenvalue weighted by Gasteiger charge is -2.39. The third kappa shape index (κ3) is 6.32. The molecule has 1 amide bonds. The summed E-state index contributed by atoms with van der Waals surface area (Å²) in [4.78, 5) is 18.1. The fraction of sp³-hybridized carbons (Fsp3) is 0.441. The van der Waals surface area contributed by atoms with Crippen LogP contribution >= 0.6 is 11.6 Å². The van der Waals surface area contributed by atoms with Crippen molar-refractivity contribution >= 4 is 28.9 Å². The number of carbonyl (C=O) groups excluding carboxylic acids is 1. The van der Waals surface area contributed by atoms with Crippen LogP contribution in [0, 0.1) is 5.92 Å². The van der Waals surface area contributed by atoms with E-state index in [0.717, 1.165) is 60.3 Å². The average Bonchev–Trinajstić information content (AvgIpc) is 2.97. The molecule has 1 fully saturated rings.